The highest BCUT2D eigenvalue weighted by atomic mass is 32.2. The molecule has 25 heavy (non-hydrogen) atoms. The zero-order valence-corrected chi connectivity index (χ0v) is 15.6. The van der Waals surface area contributed by atoms with E-state index in [0.29, 0.717) is 25.9 Å². The number of carbonyl (C=O) groups excluding carboxylic acids is 1. The van der Waals surface area contributed by atoms with E-state index in [1.165, 1.54) is 23.6 Å². The molecule has 0 aliphatic carbocycles. The lowest BCUT2D eigenvalue weighted by Crippen LogP contribution is -2.46. The minimum Gasteiger partial charge on any atom is -0.496 e. The van der Waals surface area contributed by atoms with Gasteiger partial charge in [-0.1, -0.05) is 25.1 Å². The van der Waals surface area contributed by atoms with Gasteiger partial charge in [0.05, 0.1) is 18.3 Å². The Morgan fingerprint density at radius 3 is 2.44 bits per heavy atom. The van der Waals surface area contributed by atoms with Crippen LogP contribution in [0.3, 0.4) is 0 Å². The summed E-state index contributed by atoms with van der Waals surface area (Å²) in [5, 5.41) is 7.82. The standard InChI is InChI=1S/C17H26N2O5S/c1-12(17(20)18-21)13(2)25(22,23)19-10-8-14(9-11-19)15-6-4-5-7-16(15)24-3/h4-7,12-14,21H,8-11H2,1-3H3,(H,18,20). The predicted octanol–water partition coefficient (Wildman–Crippen LogP) is 1.73. The first kappa shape index (κ1) is 19.7. The molecule has 1 heterocycles. The summed E-state index contributed by atoms with van der Waals surface area (Å²) in [6, 6.07) is 7.80. The molecule has 2 atom stereocenters. The largest absolute Gasteiger partial charge is 0.496 e. The number of amides is 1. The van der Waals surface area contributed by atoms with Crippen molar-refractivity contribution in [3.8, 4) is 5.75 Å². The van der Waals surface area contributed by atoms with Crippen molar-refractivity contribution >= 4 is 15.9 Å². The second kappa shape index (κ2) is 8.16. The number of sulfonamides is 1. The lowest BCUT2D eigenvalue weighted by atomic mass is 9.89. The molecule has 8 heteroatoms. The third-order valence-corrected chi connectivity index (χ3v) is 7.52. The van der Waals surface area contributed by atoms with Crippen LogP contribution in [0.1, 0.15) is 38.2 Å². The Balaban J connectivity index is 2.07. The van der Waals surface area contributed by atoms with Gasteiger partial charge >= 0.3 is 0 Å². The summed E-state index contributed by atoms with van der Waals surface area (Å²) < 4.78 is 32.4. The number of para-hydroxylation sites is 1. The Labute approximate surface area is 149 Å². The molecule has 0 bridgehead atoms. The summed E-state index contributed by atoms with van der Waals surface area (Å²) in [7, 11) is -1.97. The maximum Gasteiger partial charge on any atom is 0.247 e. The monoisotopic (exact) mass is 370 g/mol. The van der Waals surface area contributed by atoms with Crippen LogP contribution in [-0.2, 0) is 14.8 Å². The van der Waals surface area contributed by atoms with Crippen LogP contribution in [0.4, 0.5) is 0 Å². The fourth-order valence-corrected chi connectivity index (χ4v) is 5.06. The minimum absolute atomic E-state index is 0.246. The number of ether oxygens (including phenoxy) is 1. The fourth-order valence-electron chi connectivity index (χ4n) is 3.23. The fraction of sp³-hybridized carbons (Fsp3) is 0.588. The van der Waals surface area contributed by atoms with Crippen molar-refractivity contribution in [3.05, 3.63) is 29.8 Å². The first-order valence-electron chi connectivity index (χ1n) is 8.38. The molecule has 2 unspecified atom stereocenters. The first-order chi connectivity index (χ1) is 11.8. The van der Waals surface area contributed by atoms with Gasteiger partial charge in [0.1, 0.15) is 5.75 Å². The van der Waals surface area contributed by atoms with Gasteiger partial charge in [0.2, 0.25) is 15.9 Å². The van der Waals surface area contributed by atoms with Crippen molar-refractivity contribution in [1.29, 1.82) is 0 Å². The highest BCUT2D eigenvalue weighted by Gasteiger charge is 2.37. The number of nitrogens with zero attached hydrogens (tertiary/aromatic N) is 1. The van der Waals surface area contributed by atoms with E-state index in [1.807, 2.05) is 24.3 Å². The van der Waals surface area contributed by atoms with Crippen LogP contribution in [-0.4, -0.2) is 49.3 Å². The van der Waals surface area contributed by atoms with Gasteiger partial charge in [-0.25, -0.2) is 18.2 Å². The molecular weight excluding hydrogens is 344 g/mol. The highest BCUT2D eigenvalue weighted by Crippen LogP contribution is 2.35. The molecule has 0 saturated carbocycles. The van der Waals surface area contributed by atoms with Crippen molar-refractivity contribution in [1.82, 2.24) is 9.79 Å². The van der Waals surface area contributed by atoms with Gasteiger partial charge in [-0.05, 0) is 37.3 Å². The summed E-state index contributed by atoms with van der Waals surface area (Å²) >= 11 is 0. The van der Waals surface area contributed by atoms with Gasteiger partial charge in [0.25, 0.3) is 0 Å². The van der Waals surface area contributed by atoms with Crippen molar-refractivity contribution in [2.75, 3.05) is 20.2 Å². The van der Waals surface area contributed by atoms with Gasteiger partial charge in [-0.2, -0.15) is 0 Å². The van der Waals surface area contributed by atoms with E-state index in [0.717, 1.165) is 11.3 Å². The van der Waals surface area contributed by atoms with Crippen molar-refractivity contribution in [2.24, 2.45) is 5.92 Å². The van der Waals surface area contributed by atoms with E-state index in [1.54, 1.807) is 7.11 Å². The number of piperidine rings is 1. The number of methoxy groups -OCH3 is 1. The van der Waals surface area contributed by atoms with E-state index < -0.39 is 27.1 Å². The number of hydroxylamine groups is 1. The molecule has 1 aliphatic heterocycles. The van der Waals surface area contributed by atoms with Crippen LogP contribution in [0, 0.1) is 5.92 Å². The summed E-state index contributed by atoms with van der Waals surface area (Å²) in [5.74, 6) is -0.455. The maximum absolute atomic E-state index is 12.8. The van der Waals surface area contributed by atoms with Gasteiger partial charge < -0.3 is 4.74 Å². The Bertz CT molecular complexity index is 699. The molecule has 1 aromatic rings. The Morgan fingerprint density at radius 1 is 1.28 bits per heavy atom. The Kier molecular flexibility index (Phi) is 6.42. The summed E-state index contributed by atoms with van der Waals surface area (Å²) in [5.41, 5.74) is 2.63. The molecular formula is C17H26N2O5S. The summed E-state index contributed by atoms with van der Waals surface area (Å²) in [6.45, 7) is 3.81. The lowest BCUT2D eigenvalue weighted by Gasteiger charge is -2.34. The van der Waals surface area contributed by atoms with Gasteiger partial charge in [-0.3, -0.25) is 10.0 Å². The average Bonchev–Trinajstić information content (AvgIpc) is 2.66. The van der Waals surface area contributed by atoms with E-state index in [9.17, 15) is 13.2 Å². The predicted molar refractivity (Wildman–Crippen MR) is 94.0 cm³/mol. The molecule has 0 aromatic heterocycles. The molecule has 0 spiro atoms. The van der Waals surface area contributed by atoms with Crippen LogP contribution in [0.15, 0.2) is 24.3 Å². The zero-order valence-electron chi connectivity index (χ0n) is 14.8. The molecule has 0 radical (unpaired) electrons. The maximum atomic E-state index is 12.8. The SMILES string of the molecule is COc1ccccc1C1CCN(S(=O)(=O)C(C)C(C)C(=O)NO)CC1. The average molecular weight is 370 g/mol. The molecule has 2 rings (SSSR count). The molecule has 2 N–H and O–H groups in total. The smallest absolute Gasteiger partial charge is 0.247 e. The van der Waals surface area contributed by atoms with Crippen LogP contribution in [0.2, 0.25) is 0 Å². The molecule has 7 nitrogen and oxygen atoms in total. The topological polar surface area (TPSA) is 95.9 Å². The van der Waals surface area contributed by atoms with Crippen LogP contribution in [0.5, 0.6) is 5.75 Å². The lowest BCUT2D eigenvalue weighted by molar-refractivity contribution is -0.132. The molecule has 140 valence electrons. The number of rotatable bonds is 6. The molecule has 1 saturated heterocycles. The summed E-state index contributed by atoms with van der Waals surface area (Å²) in [4.78, 5) is 11.5. The van der Waals surface area contributed by atoms with Crippen molar-refractivity contribution < 1.29 is 23.2 Å². The highest BCUT2D eigenvalue weighted by molar-refractivity contribution is 7.89. The molecule has 1 amide bonds. The second-order valence-corrected chi connectivity index (χ2v) is 8.72. The minimum atomic E-state index is -3.61. The number of hydrogen-bond donors (Lipinski definition) is 2. The van der Waals surface area contributed by atoms with Gasteiger partial charge in [-0.15, -0.1) is 0 Å². The number of carbonyl (C=O) groups is 1. The Hall–Kier alpha value is -1.64. The zero-order chi connectivity index (χ0) is 18.6. The van der Waals surface area contributed by atoms with Crippen LogP contribution >= 0.6 is 0 Å². The second-order valence-electron chi connectivity index (χ2n) is 6.43. The third-order valence-electron chi connectivity index (χ3n) is 5.09. The normalized spacial score (nSPS) is 19.2. The molecule has 1 aliphatic rings. The quantitative estimate of drug-likeness (QED) is 0.587. The number of benzene rings is 1. The van der Waals surface area contributed by atoms with Crippen molar-refractivity contribution in [3.63, 3.8) is 0 Å². The van der Waals surface area contributed by atoms with Crippen LogP contribution < -0.4 is 10.2 Å². The van der Waals surface area contributed by atoms with E-state index in [-0.39, 0.29) is 5.92 Å². The van der Waals surface area contributed by atoms with Crippen LogP contribution in [0.25, 0.3) is 0 Å². The van der Waals surface area contributed by atoms with Gasteiger partial charge in [0.15, 0.2) is 0 Å². The number of hydrogen-bond acceptors (Lipinski definition) is 5. The van der Waals surface area contributed by atoms with Gasteiger partial charge in [0, 0.05) is 13.1 Å². The van der Waals surface area contributed by atoms with E-state index in [4.69, 9.17) is 9.94 Å². The number of nitrogens with one attached hydrogen (secondary N) is 1. The first-order valence-corrected chi connectivity index (χ1v) is 9.89. The third kappa shape index (κ3) is 4.13. The molecule has 1 fully saturated rings. The van der Waals surface area contributed by atoms with E-state index >= 15 is 0 Å². The van der Waals surface area contributed by atoms with Crippen molar-refractivity contribution in [2.45, 2.75) is 37.9 Å². The summed E-state index contributed by atoms with van der Waals surface area (Å²) in [6.07, 6.45) is 1.40. The van der Waals surface area contributed by atoms with E-state index in [2.05, 4.69) is 0 Å². The Morgan fingerprint density at radius 2 is 1.88 bits per heavy atom. The molecule has 1 aromatic carbocycles.